The first-order chi connectivity index (χ1) is 18.1. The molecule has 3 aromatic heterocycles. The highest BCUT2D eigenvalue weighted by atomic mass is 16.5. The number of benzene rings is 2. The van der Waals surface area contributed by atoms with Gasteiger partial charge in [-0.25, -0.2) is 4.99 Å². The van der Waals surface area contributed by atoms with Crippen molar-refractivity contribution in [2.45, 2.75) is 0 Å². The lowest BCUT2D eigenvalue weighted by Crippen LogP contribution is -2.14. The molecular weight excluding hydrogens is 472 g/mol. The van der Waals surface area contributed by atoms with E-state index in [9.17, 15) is 0 Å². The molecule has 8 heteroatoms. The second-order valence-corrected chi connectivity index (χ2v) is 8.43. The van der Waals surface area contributed by atoms with Crippen molar-refractivity contribution >= 4 is 23.3 Å². The molecule has 0 saturated carbocycles. The number of rotatable bonds is 7. The minimum atomic E-state index is 0.665. The first-order valence-corrected chi connectivity index (χ1v) is 11.6. The Kier molecular flexibility index (Phi) is 5.49. The molecular formula is C29H24N2O6. The number of hydrogen-bond donors (Lipinski definition) is 1. The normalized spacial score (nSPS) is 13.4. The van der Waals surface area contributed by atoms with Crippen LogP contribution in [-0.2, 0) is 0 Å². The van der Waals surface area contributed by atoms with Crippen LogP contribution in [0.4, 0.5) is 0 Å². The van der Waals surface area contributed by atoms with Gasteiger partial charge in [-0.3, -0.25) is 0 Å². The minimum absolute atomic E-state index is 0.665. The van der Waals surface area contributed by atoms with Gasteiger partial charge in [0.25, 0.3) is 0 Å². The van der Waals surface area contributed by atoms with Gasteiger partial charge >= 0.3 is 0 Å². The predicted octanol–water partition coefficient (Wildman–Crippen LogP) is 5.18. The van der Waals surface area contributed by atoms with Crippen LogP contribution in [0.3, 0.4) is 0 Å². The quantitative estimate of drug-likeness (QED) is 0.334. The number of allylic oxidation sites excluding steroid dienone is 1. The molecule has 0 saturated heterocycles. The van der Waals surface area contributed by atoms with E-state index in [1.165, 1.54) is 0 Å². The minimum Gasteiger partial charge on any atom is -0.497 e. The highest BCUT2D eigenvalue weighted by molar-refractivity contribution is 5.85. The number of fused-ring (bicyclic) bond motifs is 2. The van der Waals surface area contributed by atoms with Gasteiger partial charge in [0, 0.05) is 30.0 Å². The number of nitrogens with one attached hydrogen (secondary N) is 1. The lowest BCUT2D eigenvalue weighted by molar-refractivity contribution is 0.403. The zero-order chi connectivity index (χ0) is 25.5. The van der Waals surface area contributed by atoms with Crippen LogP contribution in [0.5, 0.6) is 23.0 Å². The second kappa shape index (κ2) is 8.98. The molecule has 0 bridgehead atoms. The summed E-state index contributed by atoms with van der Waals surface area (Å²) in [7, 11) is 6.51. The van der Waals surface area contributed by atoms with E-state index >= 15 is 0 Å². The maximum Gasteiger partial charge on any atom is 0.155 e. The van der Waals surface area contributed by atoms with Gasteiger partial charge in [0.05, 0.1) is 50.8 Å². The van der Waals surface area contributed by atoms with Crippen molar-refractivity contribution in [2.75, 3.05) is 28.4 Å². The molecule has 0 fully saturated rings. The van der Waals surface area contributed by atoms with E-state index in [0.29, 0.717) is 28.4 Å². The number of aromatic nitrogens is 1. The molecule has 0 spiro atoms. The third kappa shape index (κ3) is 4.02. The van der Waals surface area contributed by atoms with E-state index in [0.717, 1.165) is 50.5 Å². The number of hydrogen-bond acceptors (Lipinski definition) is 7. The lowest BCUT2D eigenvalue weighted by atomic mass is 10.1. The average Bonchev–Trinajstić information content (AvgIpc) is 3.67. The fraction of sp³-hybridized carbons (Fsp3) is 0.138. The van der Waals surface area contributed by atoms with E-state index in [1.54, 1.807) is 28.4 Å². The van der Waals surface area contributed by atoms with Crippen LogP contribution in [0.15, 0.2) is 74.1 Å². The molecule has 0 radical (unpaired) electrons. The molecule has 0 aliphatic carbocycles. The van der Waals surface area contributed by atoms with Gasteiger partial charge < -0.3 is 32.8 Å². The third-order valence-corrected chi connectivity index (χ3v) is 6.24. The Morgan fingerprint density at radius 3 is 1.95 bits per heavy atom. The fourth-order valence-electron chi connectivity index (χ4n) is 4.42. The highest BCUT2D eigenvalue weighted by Gasteiger charge is 2.16. The van der Waals surface area contributed by atoms with Gasteiger partial charge in [-0.2, -0.15) is 0 Å². The Hall–Kier alpha value is -4.85. The van der Waals surface area contributed by atoms with E-state index in [1.807, 2.05) is 66.7 Å². The van der Waals surface area contributed by atoms with Crippen LogP contribution >= 0.6 is 0 Å². The molecule has 0 atom stereocenters. The second-order valence-electron chi connectivity index (χ2n) is 8.43. The smallest absolute Gasteiger partial charge is 0.155 e. The third-order valence-electron chi connectivity index (χ3n) is 6.24. The average molecular weight is 497 g/mol. The predicted molar refractivity (Wildman–Crippen MR) is 140 cm³/mol. The topological polar surface area (TPSA) is 91.4 Å². The van der Waals surface area contributed by atoms with Crippen LogP contribution < -0.4 is 29.7 Å². The van der Waals surface area contributed by atoms with Crippen molar-refractivity contribution < 1.29 is 27.8 Å². The van der Waals surface area contributed by atoms with Crippen LogP contribution in [-0.4, -0.2) is 33.4 Å². The summed E-state index contributed by atoms with van der Waals surface area (Å²) in [6.07, 6.45) is 3.85. The molecule has 37 heavy (non-hydrogen) atoms. The summed E-state index contributed by atoms with van der Waals surface area (Å²) in [5, 5.41) is 0.758. The van der Waals surface area contributed by atoms with E-state index in [2.05, 4.69) is 4.98 Å². The molecule has 0 amide bonds. The first kappa shape index (κ1) is 22.6. The number of aromatic amines is 1. The Morgan fingerprint density at radius 1 is 0.730 bits per heavy atom. The molecule has 1 aliphatic rings. The van der Waals surface area contributed by atoms with E-state index in [4.69, 9.17) is 32.8 Å². The van der Waals surface area contributed by atoms with Crippen molar-refractivity contribution in [3.63, 3.8) is 0 Å². The zero-order valence-corrected chi connectivity index (χ0v) is 20.7. The Labute approximate surface area is 212 Å². The van der Waals surface area contributed by atoms with Crippen molar-refractivity contribution in [3.05, 3.63) is 76.8 Å². The Morgan fingerprint density at radius 2 is 1.38 bits per heavy atom. The van der Waals surface area contributed by atoms with Crippen molar-refractivity contribution in [2.24, 2.45) is 4.99 Å². The molecule has 186 valence electrons. The standard InChI is InChI=1S/C29H24N2O6/c1-32-18-5-7-24(34-3)20(12-18)26-14-22-28(36-26)10-16(30-22)9-17-11-29-23(31-17)15-27(37-29)21-13-19(33-2)6-8-25(21)35-4/h5-15,30H,1-4H3/b17-9-. The van der Waals surface area contributed by atoms with Gasteiger partial charge in [0.2, 0.25) is 0 Å². The van der Waals surface area contributed by atoms with Gasteiger partial charge in [-0.05, 0) is 42.5 Å². The van der Waals surface area contributed by atoms with E-state index < -0.39 is 0 Å². The van der Waals surface area contributed by atoms with Gasteiger partial charge in [-0.1, -0.05) is 0 Å². The van der Waals surface area contributed by atoms with Gasteiger partial charge in [0.15, 0.2) is 11.0 Å². The van der Waals surface area contributed by atoms with Crippen molar-refractivity contribution in [1.29, 1.82) is 0 Å². The summed E-state index contributed by atoms with van der Waals surface area (Å²) in [5.74, 6) is 4.20. The number of ether oxygens (including phenoxy) is 4. The summed E-state index contributed by atoms with van der Waals surface area (Å²) in [5.41, 5.74) is 5.55. The number of methoxy groups -OCH3 is 4. The Balaban J connectivity index is 1.29. The first-order valence-electron chi connectivity index (χ1n) is 11.6. The molecule has 8 nitrogen and oxygen atoms in total. The SMILES string of the molecule is COc1ccc(OC)c(-c2cc3c(o2)=C/C(=C/c2cc4oc(-c5cc(OC)ccc5OC)cc4[nH]2)N=3)c1. The van der Waals surface area contributed by atoms with Gasteiger partial charge in [-0.15, -0.1) is 0 Å². The van der Waals surface area contributed by atoms with Crippen molar-refractivity contribution in [1.82, 2.24) is 4.98 Å². The zero-order valence-electron chi connectivity index (χ0n) is 20.7. The largest absolute Gasteiger partial charge is 0.497 e. The van der Waals surface area contributed by atoms with Crippen LogP contribution in [0.25, 0.3) is 45.9 Å². The maximum absolute atomic E-state index is 6.12. The highest BCUT2D eigenvalue weighted by Crippen LogP contribution is 2.37. The summed E-state index contributed by atoms with van der Waals surface area (Å²) >= 11 is 0. The monoisotopic (exact) mass is 496 g/mol. The number of nitrogens with zero attached hydrogens (tertiary/aromatic N) is 1. The van der Waals surface area contributed by atoms with Gasteiger partial charge in [0.1, 0.15) is 39.9 Å². The summed E-state index contributed by atoms with van der Waals surface area (Å²) in [6.45, 7) is 0. The summed E-state index contributed by atoms with van der Waals surface area (Å²) in [6, 6.07) is 17.0. The van der Waals surface area contributed by atoms with Crippen LogP contribution in [0.1, 0.15) is 5.69 Å². The molecule has 6 rings (SSSR count). The number of furan rings is 2. The lowest BCUT2D eigenvalue weighted by Gasteiger charge is -2.08. The summed E-state index contributed by atoms with van der Waals surface area (Å²) in [4.78, 5) is 8.09. The molecule has 5 aromatic rings. The number of H-pyrrole nitrogens is 1. The molecule has 0 unspecified atom stereocenters. The van der Waals surface area contributed by atoms with Crippen molar-refractivity contribution in [3.8, 4) is 45.6 Å². The molecule has 1 N–H and O–H groups in total. The summed E-state index contributed by atoms with van der Waals surface area (Å²) < 4.78 is 33.9. The fourth-order valence-corrected chi connectivity index (χ4v) is 4.42. The molecule has 4 heterocycles. The maximum atomic E-state index is 6.12. The molecule has 1 aliphatic heterocycles. The Bertz CT molecular complexity index is 1720. The van der Waals surface area contributed by atoms with Crippen LogP contribution in [0.2, 0.25) is 0 Å². The molecule has 2 aromatic carbocycles. The van der Waals surface area contributed by atoms with E-state index in [-0.39, 0.29) is 0 Å². The van der Waals surface area contributed by atoms with Crippen LogP contribution in [0, 0.1) is 0 Å².